The average molecular weight is 180 g/mol. The van der Waals surface area contributed by atoms with Crippen LogP contribution in [0.5, 0.6) is 0 Å². The van der Waals surface area contributed by atoms with E-state index in [0.29, 0.717) is 5.78 Å². The minimum absolute atomic E-state index is 0.164. The van der Waals surface area contributed by atoms with Gasteiger partial charge in [-0.3, -0.25) is 4.79 Å². The van der Waals surface area contributed by atoms with Gasteiger partial charge in [-0.1, -0.05) is 39.8 Å². The SMILES string of the molecule is C=C1CCC(C)(C)C(=O)C(C)(C)C1. The van der Waals surface area contributed by atoms with Crippen LogP contribution in [0.25, 0.3) is 0 Å². The molecule has 0 spiro atoms. The fraction of sp³-hybridized carbons (Fsp3) is 0.750. The summed E-state index contributed by atoms with van der Waals surface area (Å²) in [6, 6.07) is 0. The largest absolute Gasteiger partial charge is 0.298 e. The number of allylic oxidation sites excluding steroid dienone is 1. The van der Waals surface area contributed by atoms with Crippen LogP contribution in [0, 0.1) is 10.8 Å². The smallest absolute Gasteiger partial charge is 0.144 e. The van der Waals surface area contributed by atoms with Crippen LogP contribution in [-0.4, -0.2) is 5.78 Å². The summed E-state index contributed by atoms with van der Waals surface area (Å²) in [5.74, 6) is 0.388. The van der Waals surface area contributed by atoms with Crippen LogP contribution in [-0.2, 0) is 4.79 Å². The van der Waals surface area contributed by atoms with Crippen molar-refractivity contribution in [1.29, 1.82) is 0 Å². The van der Waals surface area contributed by atoms with Crippen LogP contribution in [0.15, 0.2) is 12.2 Å². The van der Waals surface area contributed by atoms with Crippen molar-refractivity contribution in [2.24, 2.45) is 10.8 Å². The third-order valence-electron chi connectivity index (χ3n) is 3.02. The van der Waals surface area contributed by atoms with Gasteiger partial charge in [0.25, 0.3) is 0 Å². The molecular formula is C12H20O. The highest BCUT2D eigenvalue weighted by Crippen LogP contribution is 2.42. The van der Waals surface area contributed by atoms with Crippen molar-refractivity contribution in [3.8, 4) is 0 Å². The summed E-state index contributed by atoms with van der Waals surface area (Å²) < 4.78 is 0. The van der Waals surface area contributed by atoms with Gasteiger partial charge < -0.3 is 0 Å². The first-order valence-electron chi connectivity index (χ1n) is 4.97. The minimum atomic E-state index is -0.211. The molecule has 0 radical (unpaired) electrons. The highest BCUT2D eigenvalue weighted by Gasteiger charge is 2.41. The Morgan fingerprint density at radius 1 is 1.15 bits per heavy atom. The molecule has 0 amide bonds. The summed E-state index contributed by atoms with van der Waals surface area (Å²) in [5, 5.41) is 0. The number of carbonyl (C=O) groups is 1. The van der Waals surface area contributed by atoms with E-state index in [0.717, 1.165) is 19.3 Å². The molecule has 0 bridgehead atoms. The van der Waals surface area contributed by atoms with E-state index in [2.05, 4.69) is 20.4 Å². The molecule has 74 valence electrons. The van der Waals surface area contributed by atoms with Gasteiger partial charge in [-0.25, -0.2) is 0 Å². The molecule has 13 heavy (non-hydrogen) atoms. The third kappa shape index (κ3) is 2.01. The van der Waals surface area contributed by atoms with E-state index in [1.54, 1.807) is 0 Å². The van der Waals surface area contributed by atoms with Gasteiger partial charge in [0, 0.05) is 10.8 Å². The molecule has 0 aliphatic heterocycles. The van der Waals surface area contributed by atoms with Gasteiger partial charge in [-0.2, -0.15) is 0 Å². The molecule has 0 heterocycles. The summed E-state index contributed by atoms with van der Waals surface area (Å²) >= 11 is 0. The Bertz CT molecular complexity index is 246. The molecule has 1 saturated carbocycles. The van der Waals surface area contributed by atoms with E-state index in [-0.39, 0.29) is 10.8 Å². The molecule has 1 nitrogen and oxygen atoms in total. The molecule has 0 unspecified atom stereocenters. The summed E-state index contributed by atoms with van der Waals surface area (Å²) in [7, 11) is 0. The molecule has 0 N–H and O–H groups in total. The van der Waals surface area contributed by atoms with Gasteiger partial charge >= 0.3 is 0 Å². The van der Waals surface area contributed by atoms with Crippen LogP contribution in [0.4, 0.5) is 0 Å². The quantitative estimate of drug-likeness (QED) is 0.413. The van der Waals surface area contributed by atoms with Crippen molar-refractivity contribution in [1.82, 2.24) is 0 Å². The molecule has 1 aliphatic carbocycles. The normalized spacial score (nSPS) is 27.1. The summed E-state index contributed by atoms with van der Waals surface area (Å²) in [4.78, 5) is 12.1. The number of hydrogen-bond donors (Lipinski definition) is 0. The van der Waals surface area contributed by atoms with Gasteiger partial charge in [0.2, 0.25) is 0 Å². The topological polar surface area (TPSA) is 17.1 Å². The Kier molecular flexibility index (Phi) is 2.40. The Morgan fingerprint density at radius 3 is 2.23 bits per heavy atom. The van der Waals surface area contributed by atoms with Crippen LogP contribution < -0.4 is 0 Å². The standard InChI is InChI=1S/C12H20O/c1-9-6-7-11(2,3)10(13)12(4,5)8-9/h1,6-8H2,2-5H3. The number of carbonyl (C=O) groups excluding carboxylic acids is 1. The molecule has 0 aromatic carbocycles. The molecular weight excluding hydrogens is 160 g/mol. The van der Waals surface area contributed by atoms with Crippen molar-refractivity contribution < 1.29 is 4.79 Å². The monoisotopic (exact) mass is 180 g/mol. The predicted octanol–water partition coefficient (Wildman–Crippen LogP) is 3.35. The molecule has 0 aromatic heterocycles. The second-order valence-corrected chi connectivity index (χ2v) is 5.52. The lowest BCUT2D eigenvalue weighted by molar-refractivity contribution is -0.135. The zero-order chi connectivity index (χ0) is 10.3. The van der Waals surface area contributed by atoms with E-state index in [1.165, 1.54) is 5.57 Å². The van der Waals surface area contributed by atoms with Crippen molar-refractivity contribution in [2.75, 3.05) is 0 Å². The second-order valence-electron chi connectivity index (χ2n) is 5.52. The molecule has 1 aliphatic rings. The molecule has 0 atom stereocenters. The van der Waals surface area contributed by atoms with E-state index in [4.69, 9.17) is 0 Å². The molecule has 1 fully saturated rings. The maximum atomic E-state index is 12.1. The number of rotatable bonds is 0. The highest BCUT2D eigenvalue weighted by molar-refractivity contribution is 5.89. The van der Waals surface area contributed by atoms with Crippen LogP contribution in [0.3, 0.4) is 0 Å². The van der Waals surface area contributed by atoms with Gasteiger partial charge in [0.15, 0.2) is 0 Å². The summed E-state index contributed by atoms with van der Waals surface area (Å²) in [6.07, 6.45) is 2.81. The van der Waals surface area contributed by atoms with Gasteiger partial charge in [0.1, 0.15) is 5.78 Å². The Hall–Kier alpha value is -0.590. The highest BCUT2D eigenvalue weighted by atomic mass is 16.1. The Morgan fingerprint density at radius 2 is 1.69 bits per heavy atom. The van der Waals surface area contributed by atoms with Crippen LogP contribution in [0.2, 0.25) is 0 Å². The summed E-state index contributed by atoms with van der Waals surface area (Å²) in [5.41, 5.74) is 0.851. The first kappa shape index (κ1) is 10.5. The third-order valence-corrected chi connectivity index (χ3v) is 3.02. The molecule has 1 heteroatoms. The lowest BCUT2D eigenvalue weighted by Gasteiger charge is -2.29. The molecule has 0 saturated heterocycles. The van der Waals surface area contributed by atoms with Crippen LogP contribution in [0.1, 0.15) is 47.0 Å². The molecule has 1 rings (SSSR count). The lowest BCUT2D eigenvalue weighted by Crippen LogP contribution is -2.34. The lowest BCUT2D eigenvalue weighted by atomic mass is 9.73. The second kappa shape index (κ2) is 2.97. The van der Waals surface area contributed by atoms with E-state index in [9.17, 15) is 4.79 Å². The van der Waals surface area contributed by atoms with E-state index in [1.807, 2.05) is 13.8 Å². The fourth-order valence-corrected chi connectivity index (χ4v) is 2.31. The van der Waals surface area contributed by atoms with E-state index >= 15 is 0 Å². The van der Waals surface area contributed by atoms with Gasteiger partial charge in [0.05, 0.1) is 0 Å². The minimum Gasteiger partial charge on any atom is -0.298 e. The van der Waals surface area contributed by atoms with Crippen LogP contribution >= 0.6 is 0 Å². The maximum absolute atomic E-state index is 12.1. The Labute approximate surface area is 81.2 Å². The first-order chi connectivity index (χ1) is 5.76. The van der Waals surface area contributed by atoms with Gasteiger partial charge in [-0.15, -0.1) is 0 Å². The van der Waals surface area contributed by atoms with E-state index < -0.39 is 0 Å². The zero-order valence-electron chi connectivity index (χ0n) is 9.24. The zero-order valence-corrected chi connectivity index (χ0v) is 9.24. The predicted molar refractivity (Wildman–Crippen MR) is 55.6 cm³/mol. The van der Waals surface area contributed by atoms with Crippen molar-refractivity contribution >= 4 is 5.78 Å². The Balaban J connectivity index is 3.01. The first-order valence-corrected chi connectivity index (χ1v) is 4.97. The van der Waals surface area contributed by atoms with Gasteiger partial charge in [-0.05, 0) is 19.3 Å². The fourth-order valence-electron chi connectivity index (χ4n) is 2.31. The van der Waals surface area contributed by atoms with Crippen molar-refractivity contribution in [3.05, 3.63) is 12.2 Å². The summed E-state index contributed by atoms with van der Waals surface area (Å²) in [6.45, 7) is 12.2. The maximum Gasteiger partial charge on any atom is 0.144 e. The average Bonchev–Trinajstić information content (AvgIpc) is 2.03. The number of hydrogen-bond acceptors (Lipinski definition) is 1. The van der Waals surface area contributed by atoms with Crippen molar-refractivity contribution in [2.45, 2.75) is 47.0 Å². The molecule has 0 aromatic rings. The number of ketones is 1. The van der Waals surface area contributed by atoms with Crippen molar-refractivity contribution in [3.63, 3.8) is 0 Å². The number of Topliss-reactive ketones (excluding diaryl/α,β-unsaturated/α-hetero) is 1.